The lowest BCUT2D eigenvalue weighted by Gasteiger charge is -2.28. The van der Waals surface area contributed by atoms with Gasteiger partial charge in [-0.05, 0) is 43.2 Å². The van der Waals surface area contributed by atoms with Crippen LogP contribution in [0.1, 0.15) is 70.2 Å². The van der Waals surface area contributed by atoms with E-state index in [0.717, 1.165) is 12.8 Å². The fraction of sp³-hybridized carbons (Fsp3) is 0.714. The molecule has 0 fully saturated rings. The Bertz CT molecular complexity index is 811. The molecule has 1 aromatic carbocycles. The molecule has 0 saturated heterocycles. The maximum absolute atomic E-state index is 13.0. The number of aliphatic hydroxyl groups is 1. The molecule has 10 heteroatoms. The lowest BCUT2D eigenvalue weighted by Crippen LogP contribution is -2.42. The van der Waals surface area contributed by atoms with E-state index in [-0.39, 0.29) is 42.0 Å². The summed E-state index contributed by atoms with van der Waals surface area (Å²) in [7, 11) is 3.20. The molecule has 220 valence electrons. The highest BCUT2D eigenvalue weighted by atomic mass is 35.5. The van der Waals surface area contributed by atoms with Crippen LogP contribution in [0.4, 0.5) is 0 Å². The van der Waals surface area contributed by atoms with Crippen molar-refractivity contribution in [3.05, 3.63) is 23.8 Å². The van der Waals surface area contributed by atoms with E-state index < -0.39 is 12.1 Å². The Morgan fingerprint density at radius 3 is 2.37 bits per heavy atom. The summed E-state index contributed by atoms with van der Waals surface area (Å²) in [5, 5.41) is 16.6. The van der Waals surface area contributed by atoms with E-state index in [2.05, 4.69) is 31.4 Å². The zero-order valence-electron chi connectivity index (χ0n) is 24.0. The Hall–Kier alpha value is -2.07. The van der Waals surface area contributed by atoms with Gasteiger partial charge in [-0.3, -0.25) is 9.59 Å². The number of amides is 2. The second-order valence-electron chi connectivity index (χ2n) is 10.0. The Balaban J connectivity index is 0.0000137. The number of carbonyl (C=O) groups is 2. The van der Waals surface area contributed by atoms with Crippen LogP contribution in [0.3, 0.4) is 0 Å². The van der Waals surface area contributed by atoms with Crippen LogP contribution in [-0.2, 0) is 9.53 Å². The van der Waals surface area contributed by atoms with Gasteiger partial charge in [0.2, 0.25) is 5.91 Å². The molecule has 0 saturated carbocycles. The number of aliphatic hydroxyl groups excluding tert-OH is 1. The first kappa shape index (κ1) is 35.9. The first-order chi connectivity index (χ1) is 17.6. The fourth-order valence-corrected chi connectivity index (χ4v) is 3.95. The Morgan fingerprint density at radius 2 is 1.76 bits per heavy atom. The van der Waals surface area contributed by atoms with Gasteiger partial charge >= 0.3 is 0 Å². The second kappa shape index (κ2) is 19.9. The molecule has 1 rings (SSSR count). The number of unbranched alkanes of at least 4 members (excludes halogenated alkanes) is 1. The van der Waals surface area contributed by atoms with Crippen molar-refractivity contribution in [3.8, 4) is 11.5 Å². The van der Waals surface area contributed by atoms with Crippen LogP contribution < -0.4 is 25.8 Å². The molecule has 0 bridgehead atoms. The summed E-state index contributed by atoms with van der Waals surface area (Å²) >= 11 is 0. The third-order valence-electron chi connectivity index (χ3n) is 6.59. The van der Waals surface area contributed by atoms with Crippen molar-refractivity contribution in [1.29, 1.82) is 0 Å². The van der Waals surface area contributed by atoms with E-state index in [4.69, 9.17) is 19.9 Å². The number of carbonyl (C=O) groups excluding carboxylic acids is 2. The second-order valence-corrected chi connectivity index (χ2v) is 10.0. The summed E-state index contributed by atoms with van der Waals surface area (Å²) in [6, 6.07) is 4.61. The van der Waals surface area contributed by atoms with E-state index in [1.165, 1.54) is 0 Å². The number of hydrogen-bond acceptors (Lipinski definition) is 7. The van der Waals surface area contributed by atoms with Crippen LogP contribution in [0.5, 0.6) is 11.5 Å². The summed E-state index contributed by atoms with van der Waals surface area (Å²) < 4.78 is 16.2. The van der Waals surface area contributed by atoms with E-state index >= 15 is 0 Å². The number of halogens is 1. The van der Waals surface area contributed by atoms with Gasteiger partial charge < -0.3 is 35.7 Å². The molecule has 4 atom stereocenters. The largest absolute Gasteiger partial charge is 0.497 e. The molecule has 0 aromatic heterocycles. The molecular formula is C28H50ClN3O6. The van der Waals surface area contributed by atoms with Crippen molar-refractivity contribution in [2.75, 3.05) is 40.5 Å². The normalized spacial score (nSPS) is 14.1. The highest BCUT2D eigenvalue weighted by molar-refractivity contribution is 5.97. The van der Waals surface area contributed by atoms with E-state index in [1.54, 1.807) is 39.3 Å². The van der Waals surface area contributed by atoms with Crippen LogP contribution in [0.2, 0.25) is 0 Å². The number of rotatable bonds is 19. The molecule has 0 radical (unpaired) electrons. The molecule has 0 aliphatic carbocycles. The quantitative estimate of drug-likeness (QED) is 0.190. The third kappa shape index (κ3) is 13.1. The van der Waals surface area contributed by atoms with Gasteiger partial charge in [-0.25, -0.2) is 0 Å². The number of ether oxygens (including phenoxy) is 3. The maximum atomic E-state index is 13.0. The van der Waals surface area contributed by atoms with Gasteiger partial charge in [-0.15, -0.1) is 12.4 Å². The monoisotopic (exact) mass is 559 g/mol. The van der Waals surface area contributed by atoms with Crippen molar-refractivity contribution >= 4 is 24.2 Å². The number of nitrogens with one attached hydrogen (secondary N) is 2. The van der Waals surface area contributed by atoms with Gasteiger partial charge in [0.15, 0.2) is 0 Å². The van der Waals surface area contributed by atoms with Gasteiger partial charge in [-0.1, -0.05) is 34.1 Å². The summed E-state index contributed by atoms with van der Waals surface area (Å²) in [5.74, 6) is 0.695. The number of benzene rings is 1. The van der Waals surface area contributed by atoms with Gasteiger partial charge in [0.25, 0.3) is 5.91 Å². The van der Waals surface area contributed by atoms with Crippen molar-refractivity contribution in [2.45, 2.75) is 71.9 Å². The molecule has 0 unspecified atom stereocenters. The van der Waals surface area contributed by atoms with Crippen molar-refractivity contribution in [2.24, 2.45) is 23.5 Å². The zero-order chi connectivity index (χ0) is 27.8. The van der Waals surface area contributed by atoms with Crippen LogP contribution in [0, 0.1) is 17.8 Å². The molecule has 0 aliphatic rings. The van der Waals surface area contributed by atoms with Gasteiger partial charge in [0.05, 0.1) is 25.4 Å². The zero-order valence-corrected chi connectivity index (χ0v) is 24.8. The van der Waals surface area contributed by atoms with Crippen molar-refractivity contribution in [1.82, 2.24) is 10.6 Å². The van der Waals surface area contributed by atoms with E-state index in [1.807, 2.05) is 0 Å². The number of hydrogen-bond donors (Lipinski definition) is 4. The fourth-order valence-electron chi connectivity index (χ4n) is 3.95. The minimum atomic E-state index is -0.808. The van der Waals surface area contributed by atoms with E-state index in [0.29, 0.717) is 62.6 Å². The molecule has 9 nitrogen and oxygen atoms in total. The highest BCUT2D eigenvalue weighted by Gasteiger charge is 2.26. The minimum Gasteiger partial charge on any atom is -0.497 e. The number of methoxy groups -OCH3 is 2. The van der Waals surface area contributed by atoms with Crippen LogP contribution in [0.25, 0.3) is 0 Å². The molecule has 0 aliphatic heterocycles. The summed E-state index contributed by atoms with van der Waals surface area (Å²) in [5.41, 5.74) is 6.76. The lowest BCUT2D eigenvalue weighted by atomic mass is 9.86. The average Bonchev–Trinajstić information content (AvgIpc) is 2.88. The predicted octanol–water partition coefficient (Wildman–Crippen LogP) is 3.56. The SMILES string of the molecule is CCCCNC(=O)[C@H](C)C[C@H](O)[C@@H](N)C[C@H](CNC(=O)c1ccc(OC)cc1OCCCOC)C(C)C.Cl. The molecule has 38 heavy (non-hydrogen) atoms. The lowest BCUT2D eigenvalue weighted by molar-refractivity contribution is -0.125. The predicted molar refractivity (Wildman–Crippen MR) is 153 cm³/mol. The van der Waals surface area contributed by atoms with Crippen LogP contribution in [0.15, 0.2) is 18.2 Å². The number of nitrogens with two attached hydrogens (primary N) is 1. The summed E-state index contributed by atoms with van der Waals surface area (Å²) in [6.07, 6.45) is 2.65. The van der Waals surface area contributed by atoms with Crippen molar-refractivity contribution in [3.63, 3.8) is 0 Å². The topological polar surface area (TPSA) is 132 Å². The van der Waals surface area contributed by atoms with E-state index in [9.17, 15) is 14.7 Å². The van der Waals surface area contributed by atoms with Gasteiger partial charge in [-0.2, -0.15) is 0 Å². The standard InChI is InChI=1S/C28H49N3O6.ClH/c1-7-8-12-30-27(33)20(4)15-25(32)24(29)16-21(19(2)3)18-31-28(34)23-11-10-22(36-6)17-26(23)37-14-9-13-35-5;/h10-11,17,19-21,24-25,32H,7-9,12-16,18,29H2,1-6H3,(H,30,33)(H,31,34);1H/t20-,21-,24+,25+;/m1./s1. The summed E-state index contributed by atoms with van der Waals surface area (Å²) in [4.78, 5) is 25.3. The highest BCUT2D eigenvalue weighted by Crippen LogP contribution is 2.26. The Labute approximate surface area is 235 Å². The summed E-state index contributed by atoms with van der Waals surface area (Å²) in [6.45, 7) is 10.0. The average molecular weight is 560 g/mol. The van der Waals surface area contributed by atoms with Crippen molar-refractivity contribution < 1.29 is 28.9 Å². The first-order valence-corrected chi connectivity index (χ1v) is 13.4. The molecule has 1 aromatic rings. The molecule has 5 N–H and O–H groups in total. The minimum absolute atomic E-state index is 0. The molecular weight excluding hydrogens is 510 g/mol. The Kier molecular flexibility index (Phi) is 18.8. The van der Waals surface area contributed by atoms with Gasteiger partial charge in [0, 0.05) is 51.3 Å². The third-order valence-corrected chi connectivity index (χ3v) is 6.59. The molecule has 0 heterocycles. The van der Waals surface area contributed by atoms with Gasteiger partial charge in [0.1, 0.15) is 11.5 Å². The Morgan fingerprint density at radius 1 is 1.05 bits per heavy atom. The first-order valence-electron chi connectivity index (χ1n) is 13.4. The van der Waals surface area contributed by atoms with Crippen LogP contribution >= 0.6 is 12.4 Å². The van der Waals surface area contributed by atoms with Crippen LogP contribution in [-0.4, -0.2) is 69.6 Å². The maximum Gasteiger partial charge on any atom is 0.255 e. The smallest absolute Gasteiger partial charge is 0.255 e. The molecule has 0 spiro atoms. The molecule has 2 amide bonds.